The molecule has 0 fully saturated rings. The molecule has 2 nitrogen and oxygen atoms in total. The van der Waals surface area contributed by atoms with Crippen molar-refractivity contribution in [3.05, 3.63) is 55.6 Å². The van der Waals surface area contributed by atoms with Gasteiger partial charge < -0.3 is 0 Å². The highest BCUT2D eigenvalue weighted by atomic mass is 35.5. The van der Waals surface area contributed by atoms with E-state index in [0.717, 1.165) is 17.0 Å². The normalized spacial score (nSPS) is 10.6. The van der Waals surface area contributed by atoms with Crippen LogP contribution in [-0.2, 0) is 13.0 Å². The number of hydrogen-bond donors (Lipinski definition) is 0. The summed E-state index contributed by atoms with van der Waals surface area (Å²) < 4.78 is 2.18. The number of aryl methyl sites for hydroxylation is 2. The van der Waals surface area contributed by atoms with Gasteiger partial charge in [0.25, 0.3) is 5.56 Å². The molecule has 0 amide bonds. The van der Waals surface area contributed by atoms with E-state index in [9.17, 15) is 4.79 Å². The van der Waals surface area contributed by atoms with Gasteiger partial charge in [0.2, 0.25) is 0 Å². The average Bonchev–Trinajstić information content (AvgIpc) is 2.57. The van der Waals surface area contributed by atoms with Gasteiger partial charge in [0.05, 0.1) is 0 Å². The van der Waals surface area contributed by atoms with Crippen molar-refractivity contribution in [2.24, 2.45) is 0 Å². The molecule has 5 heteroatoms. The van der Waals surface area contributed by atoms with Gasteiger partial charge in [-0.15, -0.1) is 0 Å². The molecule has 0 spiro atoms. The third kappa shape index (κ3) is 2.88. The van der Waals surface area contributed by atoms with Crippen LogP contribution in [0.5, 0.6) is 0 Å². The van der Waals surface area contributed by atoms with Crippen LogP contribution < -0.4 is 5.56 Å². The van der Waals surface area contributed by atoms with Crippen molar-refractivity contribution in [1.82, 2.24) is 3.96 Å². The fourth-order valence-electron chi connectivity index (χ4n) is 1.38. The summed E-state index contributed by atoms with van der Waals surface area (Å²) in [6.07, 6.45) is 0.800. The Bertz CT molecular complexity index is 530. The Kier molecular flexibility index (Phi) is 3.69. The van der Waals surface area contributed by atoms with Gasteiger partial charge in [-0.25, -0.2) is 0 Å². The summed E-state index contributed by atoms with van der Waals surface area (Å²) in [5, 5.41) is 0.722. The molecule has 0 bridgehead atoms. The minimum Gasteiger partial charge on any atom is -0.268 e. The van der Waals surface area contributed by atoms with Crippen LogP contribution in [0.4, 0.5) is 0 Å². The lowest BCUT2D eigenvalue weighted by molar-refractivity contribution is 0.733. The average molecular weight is 274 g/mol. The van der Waals surface area contributed by atoms with Crippen LogP contribution in [0.15, 0.2) is 35.1 Å². The van der Waals surface area contributed by atoms with Crippen LogP contribution in [0.1, 0.15) is 5.56 Å². The Balaban J connectivity index is 2.05. The van der Waals surface area contributed by atoms with Gasteiger partial charge in [0.1, 0.15) is 4.34 Å². The van der Waals surface area contributed by atoms with Gasteiger partial charge in [0, 0.05) is 17.6 Å². The molecule has 16 heavy (non-hydrogen) atoms. The van der Waals surface area contributed by atoms with E-state index in [0.29, 0.717) is 10.9 Å². The van der Waals surface area contributed by atoms with Crippen LogP contribution in [0.2, 0.25) is 9.36 Å². The minimum atomic E-state index is -0.0380. The molecule has 0 saturated heterocycles. The standard InChI is InChI=1S/C11H9Cl2NOS/c12-9-3-1-8(2-4-9)5-6-14-11(15)7-10(13)16-14/h1-4,7H,5-6H2. The first-order chi connectivity index (χ1) is 7.65. The monoisotopic (exact) mass is 273 g/mol. The molecular weight excluding hydrogens is 265 g/mol. The Morgan fingerprint density at radius 3 is 2.44 bits per heavy atom. The van der Waals surface area contributed by atoms with E-state index >= 15 is 0 Å². The molecule has 0 N–H and O–H groups in total. The molecule has 0 radical (unpaired) electrons. The van der Waals surface area contributed by atoms with E-state index in [1.54, 1.807) is 3.96 Å². The van der Waals surface area contributed by atoms with Crippen molar-refractivity contribution in [1.29, 1.82) is 0 Å². The zero-order valence-corrected chi connectivity index (χ0v) is 10.6. The van der Waals surface area contributed by atoms with E-state index in [1.807, 2.05) is 24.3 Å². The lowest BCUT2D eigenvalue weighted by atomic mass is 10.1. The smallest absolute Gasteiger partial charge is 0.262 e. The van der Waals surface area contributed by atoms with Crippen LogP contribution in [0, 0.1) is 0 Å². The van der Waals surface area contributed by atoms with Gasteiger partial charge in [-0.2, -0.15) is 0 Å². The minimum absolute atomic E-state index is 0.0380. The second-order valence-corrected chi connectivity index (χ2v) is 5.49. The molecule has 0 aliphatic rings. The van der Waals surface area contributed by atoms with E-state index < -0.39 is 0 Å². The maximum absolute atomic E-state index is 11.4. The van der Waals surface area contributed by atoms with Crippen molar-refractivity contribution >= 4 is 34.7 Å². The SMILES string of the molecule is O=c1cc(Cl)sn1CCc1ccc(Cl)cc1. The van der Waals surface area contributed by atoms with Gasteiger partial charge in [-0.3, -0.25) is 8.75 Å². The van der Waals surface area contributed by atoms with Crippen molar-refractivity contribution in [3.8, 4) is 0 Å². The van der Waals surface area contributed by atoms with Gasteiger partial charge in [0.15, 0.2) is 0 Å². The predicted octanol–water partition coefficient (Wildman–Crippen LogP) is 3.46. The summed E-state index contributed by atoms with van der Waals surface area (Å²) >= 11 is 12.8. The number of benzene rings is 1. The van der Waals surface area contributed by atoms with Crippen molar-refractivity contribution in [2.45, 2.75) is 13.0 Å². The molecule has 2 aromatic rings. The Morgan fingerprint density at radius 2 is 1.88 bits per heavy atom. The van der Waals surface area contributed by atoms with E-state index in [4.69, 9.17) is 23.2 Å². The largest absolute Gasteiger partial charge is 0.268 e. The Morgan fingerprint density at radius 1 is 1.19 bits per heavy atom. The molecular formula is C11H9Cl2NOS. The van der Waals surface area contributed by atoms with E-state index in [-0.39, 0.29) is 5.56 Å². The molecule has 0 saturated carbocycles. The lowest BCUT2D eigenvalue weighted by Gasteiger charge is -2.01. The highest BCUT2D eigenvalue weighted by molar-refractivity contribution is 7.11. The van der Waals surface area contributed by atoms with Gasteiger partial charge in [-0.1, -0.05) is 35.3 Å². The summed E-state index contributed by atoms with van der Waals surface area (Å²) in [5.41, 5.74) is 1.12. The van der Waals surface area contributed by atoms with Gasteiger partial charge in [-0.05, 0) is 35.6 Å². The first kappa shape index (κ1) is 11.7. The molecule has 0 atom stereocenters. The molecule has 0 unspecified atom stereocenters. The zero-order valence-electron chi connectivity index (χ0n) is 8.32. The number of hydrogen-bond acceptors (Lipinski definition) is 2. The topological polar surface area (TPSA) is 22.0 Å². The highest BCUT2D eigenvalue weighted by Crippen LogP contribution is 2.14. The second kappa shape index (κ2) is 5.04. The molecule has 2 rings (SSSR count). The summed E-state index contributed by atoms with van der Waals surface area (Å²) in [6.45, 7) is 0.651. The van der Waals surface area contributed by atoms with Crippen molar-refractivity contribution in [2.75, 3.05) is 0 Å². The van der Waals surface area contributed by atoms with E-state index in [1.165, 1.54) is 17.6 Å². The molecule has 84 valence electrons. The molecule has 1 aromatic carbocycles. The quantitative estimate of drug-likeness (QED) is 0.840. The fourth-order valence-corrected chi connectivity index (χ4v) is 2.54. The molecule has 1 aromatic heterocycles. The predicted molar refractivity (Wildman–Crippen MR) is 68.7 cm³/mol. The Labute approximate surface area is 107 Å². The zero-order chi connectivity index (χ0) is 11.5. The number of aromatic nitrogens is 1. The van der Waals surface area contributed by atoms with Gasteiger partial charge >= 0.3 is 0 Å². The number of nitrogens with zero attached hydrogens (tertiary/aromatic N) is 1. The van der Waals surface area contributed by atoms with Crippen LogP contribution >= 0.6 is 34.7 Å². The first-order valence-corrected chi connectivity index (χ1v) is 6.29. The van der Waals surface area contributed by atoms with Crippen molar-refractivity contribution in [3.63, 3.8) is 0 Å². The third-order valence-electron chi connectivity index (χ3n) is 2.20. The lowest BCUT2D eigenvalue weighted by Crippen LogP contribution is -2.13. The fraction of sp³-hybridized carbons (Fsp3) is 0.182. The summed E-state index contributed by atoms with van der Waals surface area (Å²) in [7, 11) is 0. The number of rotatable bonds is 3. The maximum Gasteiger partial charge on any atom is 0.262 e. The van der Waals surface area contributed by atoms with Crippen LogP contribution in [0.3, 0.4) is 0 Å². The highest BCUT2D eigenvalue weighted by Gasteiger charge is 2.02. The Hall–Kier alpha value is -0.770. The van der Waals surface area contributed by atoms with Crippen LogP contribution in [0.25, 0.3) is 0 Å². The number of halogens is 2. The summed E-state index contributed by atoms with van der Waals surface area (Å²) in [5.74, 6) is 0. The molecule has 1 heterocycles. The summed E-state index contributed by atoms with van der Waals surface area (Å²) in [6, 6.07) is 9.06. The molecule has 0 aliphatic carbocycles. The first-order valence-electron chi connectivity index (χ1n) is 4.76. The van der Waals surface area contributed by atoms with Crippen LogP contribution in [-0.4, -0.2) is 3.96 Å². The van der Waals surface area contributed by atoms with Crippen molar-refractivity contribution < 1.29 is 0 Å². The second-order valence-electron chi connectivity index (χ2n) is 3.36. The maximum atomic E-state index is 11.4. The van der Waals surface area contributed by atoms with E-state index in [2.05, 4.69) is 0 Å². The summed E-state index contributed by atoms with van der Waals surface area (Å²) in [4.78, 5) is 11.4. The molecule has 0 aliphatic heterocycles. The third-order valence-corrected chi connectivity index (χ3v) is 3.64.